The number of amides is 1. The fraction of sp³-hybridized carbons (Fsp3) is 0.143. The summed E-state index contributed by atoms with van der Waals surface area (Å²) in [7, 11) is 0. The van der Waals surface area contributed by atoms with Gasteiger partial charge in [0.1, 0.15) is 5.75 Å². The van der Waals surface area contributed by atoms with Crippen LogP contribution in [0.2, 0.25) is 5.02 Å². The number of hydrogen-bond donors (Lipinski definition) is 1. The van der Waals surface area contributed by atoms with E-state index in [0.717, 1.165) is 5.56 Å². The van der Waals surface area contributed by atoms with Crippen molar-refractivity contribution >= 4 is 34.0 Å². The predicted octanol–water partition coefficient (Wildman–Crippen LogP) is 5.69. The van der Waals surface area contributed by atoms with E-state index in [1.807, 2.05) is 0 Å². The van der Waals surface area contributed by atoms with Crippen molar-refractivity contribution in [2.45, 2.75) is 19.5 Å². The Kier molecular flexibility index (Phi) is 6.72. The highest BCUT2D eigenvalue weighted by Crippen LogP contribution is 2.33. The van der Waals surface area contributed by atoms with Gasteiger partial charge in [-0.3, -0.25) is 4.79 Å². The van der Waals surface area contributed by atoms with Gasteiger partial charge in [-0.15, -0.1) is 11.3 Å². The molecule has 7 nitrogen and oxygen atoms in total. The summed E-state index contributed by atoms with van der Waals surface area (Å²) in [6.07, 6.45) is 0.345. The second-order valence-corrected chi connectivity index (χ2v) is 7.77. The van der Waals surface area contributed by atoms with Crippen molar-refractivity contribution in [3.05, 3.63) is 64.8 Å². The van der Waals surface area contributed by atoms with E-state index in [1.54, 1.807) is 47.8 Å². The quantitative estimate of drug-likeness (QED) is 0.351. The zero-order chi connectivity index (χ0) is 22.5. The lowest BCUT2D eigenvalue weighted by Gasteiger charge is -2.08. The molecular formula is C21H15ClF2N4O3S. The molecule has 2 aromatic carbocycles. The molecule has 0 spiro atoms. The third-order valence-electron chi connectivity index (χ3n) is 4.27. The zero-order valence-corrected chi connectivity index (χ0v) is 17.9. The van der Waals surface area contributed by atoms with Crippen molar-refractivity contribution in [3.63, 3.8) is 0 Å². The molecule has 0 radical (unpaired) electrons. The van der Waals surface area contributed by atoms with Gasteiger partial charge in [0.2, 0.25) is 17.6 Å². The van der Waals surface area contributed by atoms with Crippen molar-refractivity contribution < 1.29 is 22.8 Å². The molecule has 2 aromatic heterocycles. The van der Waals surface area contributed by atoms with E-state index >= 15 is 0 Å². The molecule has 164 valence electrons. The number of anilines is 1. The monoisotopic (exact) mass is 476 g/mol. The minimum Gasteiger partial charge on any atom is -0.434 e. The van der Waals surface area contributed by atoms with Gasteiger partial charge in [-0.1, -0.05) is 28.9 Å². The lowest BCUT2D eigenvalue weighted by atomic mass is 10.1. The highest BCUT2D eigenvalue weighted by Gasteiger charge is 2.15. The molecule has 32 heavy (non-hydrogen) atoms. The maximum atomic E-state index is 12.6. The Labute approximate surface area is 190 Å². The van der Waals surface area contributed by atoms with E-state index in [0.29, 0.717) is 33.1 Å². The Morgan fingerprint density at radius 3 is 2.72 bits per heavy atom. The number of carbonyl (C=O) groups excluding carboxylic acids is 1. The second kappa shape index (κ2) is 9.84. The first-order valence-electron chi connectivity index (χ1n) is 9.36. The van der Waals surface area contributed by atoms with Crippen LogP contribution in [0.3, 0.4) is 0 Å². The maximum Gasteiger partial charge on any atom is 0.387 e. The minimum atomic E-state index is -2.95. The smallest absolute Gasteiger partial charge is 0.387 e. The summed E-state index contributed by atoms with van der Waals surface area (Å²) in [5.41, 5.74) is 1.58. The number of nitrogens with one attached hydrogen (secondary N) is 1. The first-order valence-corrected chi connectivity index (χ1v) is 10.6. The summed E-state index contributed by atoms with van der Waals surface area (Å²) in [5.74, 6) is 0.446. The van der Waals surface area contributed by atoms with Crippen LogP contribution in [0.15, 0.2) is 58.4 Å². The van der Waals surface area contributed by atoms with Gasteiger partial charge in [-0.25, -0.2) is 4.98 Å². The number of aromatic nitrogens is 3. The molecule has 0 atom stereocenters. The summed E-state index contributed by atoms with van der Waals surface area (Å²) >= 11 is 7.05. The molecule has 2 heterocycles. The molecule has 1 N–H and O–H groups in total. The standard InChI is InChI=1S/C21H15ClF2N4O3S/c22-13-7-5-12(6-8-13)19-27-18(31-28-19)10-9-17(29)26-21-25-15(11-32-21)14-3-1-2-4-16(14)30-20(23)24/h1-8,11,20H,9-10H2,(H,25,26,29). The fourth-order valence-electron chi connectivity index (χ4n) is 2.81. The number of para-hydroxylation sites is 1. The molecule has 11 heteroatoms. The van der Waals surface area contributed by atoms with Crippen LogP contribution in [-0.4, -0.2) is 27.6 Å². The number of aryl methyl sites for hydroxylation is 1. The summed E-state index contributed by atoms with van der Waals surface area (Å²) in [5, 5.41) is 9.18. The van der Waals surface area contributed by atoms with Crippen LogP contribution in [-0.2, 0) is 11.2 Å². The SMILES string of the molecule is O=C(CCc1nc(-c2ccc(Cl)cc2)no1)Nc1nc(-c2ccccc2OC(F)F)cs1. The molecule has 0 saturated carbocycles. The first kappa shape index (κ1) is 21.8. The largest absolute Gasteiger partial charge is 0.434 e. The van der Waals surface area contributed by atoms with E-state index < -0.39 is 6.61 Å². The van der Waals surface area contributed by atoms with Gasteiger partial charge in [0.15, 0.2) is 5.13 Å². The Balaban J connectivity index is 1.35. The Morgan fingerprint density at radius 1 is 1.16 bits per heavy atom. The molecule has 1 amide bonds. The van der Waals surface area contributed by atoms with Crippen molar-refractivity contribution in [1.82, 2.24) is 15.1 Å². The number of benzene rings is 2. The summed E-state index contributed by atoms with van der Waals surface area (Å²) < 4.78 is 35.0. The van der Waals surface area contributed by atoms with Crippen LogP contribution in [0, 0.1) is 0 Å². The van der Waals surface area contributed by atoms with E-state index in [9.17, 15) is 13.6 Å². The first-order chi connectivity index (χ1) is 15.5. The number of nitrogens with zero attached hydrogens (tertiary/aromatic N) is 3. The molecule has 0 fully saturated rings. The third-order valence-corrected chi connectivity index (χ3v) is 5.28. The van der Waals surface area contributed by atoms with Gasteiger partial charge in [0, 0.05) is 34.4 Å². The molecular weight excluding hydrogens is 462 g/mol. The Hall–Kier alpha value is -3.37. The van der Waals surface area contributed by atoms with E-state index in [4.69, 9.17) is 16.1 Å². The Morgan fingerprint density at radius 2 is 1.94 bits per heavy atom. The zero-order valence-electron chi connectivity index (χ0n) is 16.3. The number of thiazole rings is 1. The minimum absolute atomic E-state index is 0.0126. The molecule has 0 aliphatic heterocycles. The van der Waals surface area contributed by atoms with Crippen molar-refractivity contribution in [3.8, 4) is 28.4 Å². The van der Waals surface area contributed by atoms with Crippen LogP contribution in [0.25, 0.3) is 22.6 Å². The fourth-order valence-corrected chi connectivity index (χ4v) is 3.66. The van der Waals surface area contributed by atoms with Crippen molar-refractivity contribution in [2.75, 3.05) is 5.32 Å². The number of ether oxygens (including phenoxy) is 1. The van der Waals surface area contributed by atoms with Gasteiger partial charge in [0.25, 0.3) is 0 Å². The Bertz CT molecular complexity index is 1210. The van der Waals surface area contributed by atoms with Crippen molar-refractivity contribution in [2.24, 2.45) is 0 Å². The van der Waals surface area contributed by atoms with Crippen LogP contribution in [0.5, 0.6) is 5.75 Å². The number of hydrogen-bond acceptors (Lipinski definition) is 7. The second-order valence-electron chi connectivity index (χ2n) is 6.48. The van der Waals surface area contributed by atoms with Crippen molar-refractivity contribution in [1.29, 1.82) is 0 Å². The molecule has 0 aliphatic carbocycles. The number of alkyl halides is 2. The maximum absolute atomic E-state index is 12.6. The highest BCUT2D eigenvalue weighted by molar-refractivity contribution is 7.14. The predicted molar refractivity (Wildman–Crippen MR) is 116 cm³/mol. The van der Waals surface area contributed by atoms with E-state index in [-0.39, 0.29) is 24.5 Å². The topological polar surface area (TPSA) is 90.1 Å². The number of rotatable bonds is 8. The van der Waals surface area contributed by atoms with Crippen LogP contribution in [0.1, 0.15) is 12.3 Å². The third kappa shape index (κ3) is 5.45. The summed E-state index contributed by atoms with van der Waals surface area (Å²) in [4.78, 5) is 20.9. The van der Waals surface area contributed by atoms with Gasteiger partial charge in [-0.2, -0.15) is 13.8 Å². The molecule has 0 aliphatic rings. The molecule has 0 unspecified atom stereocenters. The summed E-state index contributed by atoms with van der Waals surface area (Å²) in [6, 6.07) is 13.3. The molecule has 0 saturated heterocycles. The summed E-state index contributed by atoms with van der Waals surface area (Å²) in [6.45, 7) is -2.95. The highest BCUT2D eigenvalue weighted by atomic mass is 35.5. The van der Waals surface area contributed by atoms with Gasteiger partial charge in [-0.05, 0) is 36.4 Å². The van der Waals surface area contributed by atoms with Crippen LogP contribution < -0.4 is 10.1 Å². The van der Waals surface area contributed by atoms with E-state index in [2.05, 4.69) is 25.2 Å². The van der Waals surface area contributed by atoms with Gasteiger partial charge in [0.05, 0.1) is 5.69 Å². The van der Waals surface area contributed by atoms with Gasteiger partial charge >= 0.3 is 6.61 Å². The van der Waals surface area contributed by atoms with Gasteiger partial charge < -0.3 is 14.6 Å². The lowest BCUT2D eigenvalue weighted by Crippen LogP contribution is -2.12. The number of carbonyl (C=O) groups is 1. The lowest BCUT2D eigenvalue weighted by molar-refractivity contribution is -0.116. The molecule has 4 rings (SSSR count). The molecule has 0 bridgehead atoms. The normalized spacial score (nSPS) is 11.0. The van der Waals surface area contributed by atoms with E-state index in [1.165, 1.54) is 17.4 Å². The average Bonchev–Trinajstić information content (AvgIpc) is 3.43. The van der Waals surface area contributed by atoms with Crippen LogP contribution >= 0.6 is 22.9 Å². The van der Waals surface area contributed by atoms with Crippen LogP contribution in [0.4, 0.5) is 13.9 Å². The molecule has 4 aromatic rings. The number of halogens is 3. The average molecular weight is 477 g/mol.